The Hall–Kier alpha value is -3.54. The van der Waals surface area contributed by atoms with E-state index in [1.807, 2.05) is 0 Å². The van der Waals surface area contributed by atoms with Crippen LogP contribution in [0.15, 0.2) is 53.5 Å². The number of rotatable bonds is 4. The molecule has 4 rings (SSSR count). The number of aliphatic imine (C=N–C) groups is 1. The number of thiazole rings is 1. The highest BCUT2D eigenvalue weighted by atomic mass is 32.1. The Morgan fingerprint density at radius 1 is 1.17 bits per heavy atom. The van der Waals surface area contributed by atoms with Gasteiger partial charge in [0.05, 0.1) is 15.1 Å². The van der Waals surface area contributed by atoms with E-state index in [-0.39, 0.29) is 22.2 Å². The van der Waals surface area contributed by atoms with Crippen LogP contribution in [0.25, 0.3) is 10.2 Å². The summed E-state index contributed by atoms with van der Waals surface area (Å²) in [5.74, 6) is -1.62. The number of amides is 1. The summed E-state index contributed by atoms with van der Waals surface area (Å²) in [6.45, 7) is 0. The number of hydrogen-bond donors (Lipinski definition) is 2. The van der Waals surface area contributed by atoms with Crippen molar-refractivity contribution in [3.63, 3.8) is 0 Å². The number of halogens is 3. The van der Waals surface area contributed by atoms with Crippen molar-refractivity contribution in [2.45, 2.75) is 11.8 Å². The summed E-state index contributed by atoms with van der Waals surface area (Å²) in [6, 6.07) is 11.6. The number of carbonyl (C=O) groups excluding carboxylic acids is 1. The van der Waals surface area contributed by atoms with Crippen molar-refractivity contribution < 1.29 is 22.9 Å². The summed E-state index contributed by atoms with van der Waals surface area (Å²) in [6.07, 6.45) is -5.07. The van der Waals surface area contributed by atoms with Gasteiger partial charge in [-0.2, -0.15) is 13.2 Å². The highest BCUT2D eigenvalue weighted by Gasteiger charge is 2.64. The van der Waals surface area contributed by atoms with Crippen LogP contribution in [0.5, 0.6) is 0 Å². The van der Waals surface area contributed by atoms with Gasteiger partial charge >= 0.3 is 11.8 Å². The minimum absolute atomic E-state index is 0.221. The topological polar surface area (TPSA) is 110 Å². The molecular weight excluding hydrogens is 411 g/mol. The first-order valence-corrected chi connectivity index (χ1v) is 8.88. The van der Waals surface area contributed by atoms with E-state index in [9.17, 15) is 28.1 Å². The number of amidine groups is 1. The average molecular weight is 421 g/mol. The summed E-state index contributed by atoms with van der Waals surface area (Å²) >= 11 is 0.753. The number of anilines is 1. The van der Waals surface area contributed by atoms with E-state index in [1.54, 1.807) is 18.2 Å². The van der Waals surface area contributed by atoms with Crippen molar-refractivity contribution >= 4 is 44.1 Å². The van der Waals surface area contributed by atoms with Crippen LogP contribution < -0.4 is 10.6 Å². The van der Waals surface area contributed by atoms with Gasteiger partial charge in [0.2, 0.25) is 0 Å². The van der Waals surface area contributed by atoms with Crippen LogP contribution >= 0.6 is 11.3 Å². The second kappa shape index (κ2) is 6.51. The SMILES string of the molecule is O=C1NC(c2ccccc2)=N[C@]1(Nc1nc2ccc([N+](=O)[O-])cc2s1)C(F)(F)F. The van der Waals surface area contributed by atoms with Gasteiger partial charge in [-0.25, -0.2) is 9.98 Å². The van der Waals surface area contributed by atoms with Crippen LogP contribution in [0.4, 0.5) is 24.0 Å². The third kappa shape index (κ3) is 3.16. The number of nitrogens with one attached hydrogen (secondary N) is 2. The lowest BCUT2D eigenvalue weighted by Crippen LogP contribution is -2.57. The predicted molar refractivity (Wildman–Crippen MR) is 99.8 cm³/mol. The molecule has 0 spiro atoms. The molecule has 0 saturated heterocycles. The zero-order chi connectivity index (χ0) is 20.8. The quantitative estimate of drug-likeness (QED) is 0.495. The van der Waals surface area contributed by atoms with Gasteiger partial charge in [0.1, 0.15) is 5.84 Å². The molecule has 29 heavy (non-hydrogen) atoms. The van der Waals surface area contributed by atoms with E-state index in [1.165, 1.54) is 30.3 Å². The summed E-state index contributed by atoms with van der Waals surface area (Å²) in [5.41, 5.74) is -2.92. The van der Waals surface area contributed by atoms with Gasteiger partial charge in [-0.1, -0.05) is 41.7 Å². The van der Waals surface area contributed by atoms with Crippen LogP contribution in [-0.2, 0) is 4.79 Å². The molecule has 0 aliphatic carbocycles. The van der Waals surface area contributed by atoms with E-state index < -0.39 is 22.7 Å². The molecule has 0 radical (unpaired) electrons. The molecule has 0 bridgehead atoms. The normalized spacial score (nSPS) is 19.1. The molecule has 1 aliphatic rings. The third-order valence-electron chi connectivity index (χ3n) is 4.17. The molecule has 3 aromatic rings. The molecular formula is C17H10F3N5O3S. The van der Waals surface area contributed by atoms with Gasteiger partial charge in [-0.15, -0.1) is 0 Å². The molecule has 2 heterocycles. The van der Waals surface area contributed by atoms with Gasteiger partial charge in [-0.05, 0) is 6.07 Å². The molecule has 0 fully saturated rings. The molecule has 2 aromatic carbocycles. The van der Waals surface area contributed by atoms with E-state index in [2.05, 4.69) is 20.6 Å². The lowest BCUT2D eigenvalue weighted by Gasteiger charge is -2.26. The summed E-state index contributed by atoms with van der Waals surface area (Å²) in [7, 11) is 0. The smallest absolute Gasteiger partial charge is 0.322 e. The van der Waals surface area contributed by atoms with Crippen LogP contribution in [-0.4, -0.2) is 33.5 Å². The molecule has 148 valence electrons. The molecule has 12 heteroatoms. The summed E-state index contributed by atoms with van der Waals surface area (Å²) in [4.78, 5) is 30.3. The van der Waals surface area contributed by atoms with Gasteiger partial charge in [0.25, 0.3) is 11.6 Å². The maximum Gasteiger partial charge on any atom is 0.442 e. The number of nitrogens with zero attached hydrogens (tertiary/aromatic N) is 3. The number of alkyl halides is 3. The van der Waals surface area contributed by atoms with Crippen molar-refractivity contribution in [1.29, 1.82) is 0 Å². The van der Waals surface area contributed by atoms with Gasteiger partial charge in [-0.3, -0.25) is 14.9 Å². The van der Waals surface area contributed by atoms with Crippen molar-refractivity contribution in [1.82, 2.24) is 10.3 Å². The molecule has 0 saturated carbocycles. The van der Waals surface area contributed by atoms with Crippen LogP contribution in [0, 0.1) is 10.1 Å². The van der Waals surface area contributed by atoms with E-state index >= 15 is 0 Å². The zero-order valence-electron chi connectivity index (χ0n) is 14.2. The van der Waals surface area contributed by atoms with Gasteiger partial charge in [0.15, 0.2) is 5.13 Å². The first-order valence-electron chi connectivity index (χ1n) is 8.06. The lowest BCUT2D eigenvalue weighted by molar-refractivity contribution is -0.384. The fourth-order valence-corrected chi connectivity index (χ4v) is 3.71. The monoisotopic (exact) mass is 421 g/mol. The zero-order valence-corrected chi connectivity index (χ0v) is 15.0. The highest BCUT2D eigenvalue weighted by Crippen LogP contribution is 2.40. The maximum atomic E-state index is 13.9. The Labute approximate surface area is 164 Å². The van der Waals surface area contributed by atoms with Crippen molar-refractivity contribution in [3.8, 4) is 0 Å². The van der Waals surface area contributed by atoms with Crippen molar-refractivity contribution in [2.75, 3.05) is 5.32 Å². The maximum absolute atomic E-state index is 13.9. The molecule has 1 aliphatic heterocycles. The van der Waals surface area contributed by atoms with Crippen LogP contribution in [0.3, 0.4) is 0 Å². The number of carbonyl (C=O) groups is 1. The van der Waals surface area contributed by atoms with Crippen molar-refractivity contribution in [3.05, 3.63) is 64.2 Å². The highest BCUT2D eigenvalue weighted by molar-refractivity contribution is 7.22. The molecule has 1 atom stereocenters. The number of nitro benzene ring substituents is 1. The Bertz CT molecular complexity index is 1160. The molecule has 1 amide bonds. The number of hydrogen-bond acceptors (Lipinski definition) is 7. The Morgan fingerprint density at radius 2 is 1.90 bits per heavy atom. The van der Waals surface area contributed by atoms with E-state index in [0.29, 0.717) is 10.3 Å². The first-order chi connectivity index (χ1) is 13.7. The number of aromatic nitrogens is 1. The van der Waals surface area contributed by atoms with E-state index in [0.717, 1.165) is 11.3 Å². The minimum Gasteiger partial charge on any atom is -0.322 e. The fourth-order valence-electron chi connectivity index (χ4n) is 2.76. The first kappa shape index (κ1) is 18.8. The standard InChI is InChI=1S/C17H10F3N5O3S/c18-17(19,20)16(14(26)22-13(23-16)9-4-2-1-3-5-9)24-15-21-11-7-6-10(25(27)28)8-12(11)29-15/h1-8H,(H,21,24)(H,22,23,26)/t16-/m1/s1. The minimum atomic E-state index is -5.07. The molecule has 2 N–H and O–H groups in total. The van der Waals surface area contributed by atoms with Gasteiger partial charge < -0.3 is 10.6 Å². The number of nitro groups is 1. The number of benzene rings is 2. The summed E-state index contributed by atoms with van der Waals surface area (Å²) in [5, 5.41) is 14.9. The predicted octanol–water partition coefficient (Wildman–Crippen LogP) is 3.45. The van der Waals surface area contributed by atoms with Gasteiger partial charge in [0, 0.05) is 17.7 Å². The Balaban J connectivity index is 1.77. The Kier molecular flexibility index (Phi) is 4.22. The van der Waals surface area contributed by atoms with E-state index in [4.69, 9.17) is 0 Å². The third-order valence-corrected chi connectivity index (χ3v) is 5.10. The van der Waals surface area contributed by atoms with Crippen molar-refractivity contribution in [2.24, 2.45) is 4.99 Å². The number of non-ortho nitro benzene ring substituents is 1. The molecule has 0 unspecified atom stereocenters. The average Bonchev–Trinajstić information content (AvgIpc) is 3.22. The second-order valence-electron chi connectivity index (χ2n) is 6.04. The fraction of sp³-hybridized carbons (Fsp3) is 0.118. The molecule has 1 aromatic heterocycles. The number of fused-ring (bicyclic) bond motifs is 1. The Morgan fingerprint density at radius 3 is 2.55 bits per heavy atom. The summed E-state index contributed by atoms with van der Waals surface area (Å²) < 4.78 is 42.1. The second-order valence-corrected chi connectivity index (χ2v) is 7.07. The van der Waals surface area contributed by atoms with Crippen LogP contribution in [0.1, 0.15) is 5.56 Å². The largest absolute Gasteiger partial charge is 0.442 e. The molecule has 8 nitrogen and oxygen atoms in total. The van der Waals surface area contributed by atoms with Crippen LogP contribution in [0.2, 0.25) is 0 Å². The lowest BCUT2D eigenvalue weighted by atomic mass is 10.1.